The van der Waals surface area contributed by atoms with E-state index in [9.17, 15) is 14.4 Å². The number of imide groups is 1. The van der Waals surface area contributed by atoms with Gasteiger partial charge in [-0.2, -0.15) is 0 Å². The molecule has 25 heavy (non-hydrogen) atoms. The van der Waals surface area contributed by atoms with Crippen LogP contribution in [0.2, 0.25) is 0 Å². The molecule has 3 aliphatic rings. The van der Waals surface area contributed by atoms with Crippen molar-refractivity contribution in [3.05, 3.63) is 0 Å². The Hall–Kier alpha value is -1.63. The van der Waals surface area contributed by atoms with Crippen LogP contribution < -0.4 is 16.4 Å². The molecule has 0 aromatic rings. The molecule has 0 aromatic carbocycles. The number of hydrogen-bond donors (Lipinski definition) is 3. The van der Waals surface area contributed by atoms with Crippen molar-refractivity contribution >= 4 is 17.8 Å². The molecule has 0 spiro atoms. The summed E-state index contributed by atoms with van der Waals surface area (Å²) in [6, 6.07) is -0.109. The van der Waals surface area contributed by atoms with Crippen LogP contribution in [0.5, 0.6) is 0 Å². The van der Waals surface area contributed by atoms with Gasteiger partial charge in [0.15, 0.2) is 0 Å². The molecule has 0 radical (unpaired) electrons. The largest absolute Gasteiger partial charge is 0.351 e. The third-order valence-corrected chi connectivity index (χ3v) is 6.46. The van der Waals surface area contributed by atoms with Crippen molar-refractivity contribution in [2.24, 2.45) is 17.6 Å². The Balaban J connectivity index is 1.63. The first-order chi connectivity index (χ1) is 11.9. The second kappa shape index (κ2) is 6.94. The summed E-state index contributed by atoms with van der Waals surface area (Å²) < 4.78 is 0. The highest BCUT2D eigenvalue weighted by molar-refractivity contribution is 6.09. The molecule has 1 aliphatic heterocycles. The van der Waals surface area contributed by atoms with E-state index in [1.54, 1.807) is 0 Å². The number of amides is 4. The van der Waals surface area contributed by atoms with E-state index < -0.39 is 11.6 Å². The lowest BCUT2D eigenvalue weighted by Crippen LogP contribution is -2.55. The molecule has 0 aromatic heterocycles. The highest BCUT2D eigenvalue weighted by Crippen LogP contribution is 2.39. The van der Waals surface area contributed by atoms with E-state index >= 15 is 0 Å². The Bertz CT molecular complexity index is 547. The maximum atomic E-state index is 12.6. The quantitative estimate of drug-likeness (QED) is 0.646. The summed E-state index contributed by atoms with van der Waals surface area (Å²) in [4.78, 5) is 38.4. The molecule has 7 nitrogen and oxygen atoms in total. The van der Waals surface area contributed by atoms with Crippen LogP contribution in [0.25, 0.3) is 0 Å². The lowest BCUT2D eigenvalue weighted by molar-refractivity contribution is -0.135. The fourth-order valence-corrected chi connectivity index (χ4v) is 4.95. The lowest BCUT2D eigenvalue weighted by atomic mass is 9.67. The molecule has 7 heteroatoms. The number of nitrogens with one attached hydrogen (secondary N) is 2. The summed E-state index contributed by atoms with van der Waals surface area (Å²) in [6.07, 6.45) is 6.31. The van der Waals surface area contributed by atoms with E-state index in [1.807, 2.05) is 13.8 Å². The normalized spacial score (nSPS) is 34.0. The van der Waals surface area contributed by atoms with Gasteiger partial charge in [0, 0.05) is 12.1 Å². The smallest absolute Gasteiger partial charge is 0.325 e. The Morgan fingerprint density at radius 1 is 1.24 bits per heavy atom. The molecule has 2 bridgehead atoms. The summed E-state index contributed by atoms with van der Waals surface area (Å²) >= 11 is 0. The van der Waals surface area contributed by atoms with Crippen LogP contribution in [-0.4, -0.2) is 46.9 Å². The molecule has 2 aliphatic carbocycles. The number of hydrogen-bond acceptors (Lipinski definition) is 4. The first kappa shape index (κ1) is 18.2. The van der Waals surface area contributed by atoms with Crippen LogP contribution >= 0.6 is 0 Å². The molecular formula is C18H30N4O3. The standard InChI is InChI=1S/C18H30N4O3/c1-3-18(4-2)16(24)22(17(25)21-18)10-14(23)20-15-11-6-5-7-12(15)9-13(19)8-11/h11-13,15H,3-10,19H2,1-2H3,(H,20,23)(H,21,25). The minimum absolute atomic E-state index is 0.129. The number of nitrogens with two attached hydrogens (primary N) is 1. The SMILES string of the molecule is CCC1(CC)NC(=O)N(CC(=O)NC2C3CCCC2CC(N)C3)C1=O. The maximum Gasteiger partial charge on any atom is 0.325 e. The van der Waals surface area contributed by atoms with Crippen molar-refractivity contribution in [1.82, 2.24) is 15.5 Å². The molecule has 3 fully saturated rings. The number of urea groups is 1. The van der Waals surface area contributed by atoms with E-state index in [0.29, 0.717) is 24.7 Å². The van der Waals surface area contributed by atoms with Gasteiger partial charge in [0.1, 0.15) is 12.1 Å². The van der Waals surface area contributed by atoms with Crippen molar-refractivity contribution < 1.29 is 14.4 Å². The van der Waals surface area contributed by atoms with Gasteiger partial charge in [-0.3, -0.25) is 14.5 Å². The van der Waals surface area contributed by atoms with Crippen LogP contribution in [0.3, 0.4) is 0 Å². The van der Waals surface area contributed by atoms with Crippen molar-refractivity contribution in [2.75, 3.05) is 6.54 Å². The topological polar surface area (TPSA) is 105 Å². The van der Waals surface area contributed by atoms with Gasteiger partial charge in [-0.1, -0.05) is 20.3 Å². The van der Waals surface area contributed by atoms with Gasteiger partial charge in [-0.25, -0.2) is 4.79 Å². The Morgan fingerprint density at radius 2 is 1.84 bits per heavy atom. The molecule has 4 N–H and O–H groups in total. The molecule has 2 saturated carbocycles. The molecule has 3 rings (SSSR count). The predicted molar refractivity (Wildman–Crippen MR) is 93.5 cm³/mol. The monoisotopic (exact) mass is 350 g/mol. The zero-order valence-electron chi connectivity index (χ0n) is 15.2. The minimum Gasteiger partial charge on any atom is -0.351 e. The van der Waals surface area contributed by atoms with Crippen LogP contribution in [-0.2, 0) is 9.59 Å². The van der Waals surface area contributed by atoms with Crippen LogP contribution in [0.15, 0.2) is 0 Å². The Morgan fingerprint density at radius 3 is 2.36 bits per heavy atom. The summed E-state index contributed by atoms with van der Waals surface area (Å²) in [5.74, 6) is 0.298. The molecule has 1 heterocycles. The van der Waals surface area contributed by atoms with Gasteiger partial charge in [0.05, 0.1) is 0 Å². The van der Waals surface area contributed by atoms with Crippen LogP contribution in [0.4, 0.5) is 4.79 Å². The summed E-state index contributed by atoms with van der Waals surface area (Å²) in [6.45, 7) is 3.55. The summed E-state index contributed by atoms with van der Waals surface area (Å²) in [7, 11) is 0. The van der Waals surface area contributed by atoms with Gasteiger partial charge in [0.2, 0.25) is 5.91 Å². The second-order valence-corrected chi connectivity index (χ2v) is 7.89. The number of carbonyl (C=O) groups excluding carboxylic acids is 3. The van der Waals surface area contributed by atoms with Gasteiger partial charge < -0.3 is 16.4 Å². The average Bonchev–Trinajstić information content (AvgIpc) is 2.80. The highest BCUT2D eigenvalue weighted by atomic mass is 16.2. The van der Waals surface area contributed by atoms with Crippen LogP contribution in [0, 0.1) is 11.8 Å². The summed E-state index contributed by atoms with van der Waals surface area (Å²) in [5.41, 5.74) is 5.27. The molecule has 2 atom stereocenters. The van der Waals surface area contributed by atoms with Crippen molar-refractivity contribution in [1.29, 1.82) is 0 Å². The van der Waals surface area contributed by atoms with Gasteiger partial charge in [-0.15, -0.1) is 0 Å². The molecule has 4 amide bonds. The predicted octanol–water partition coefficient (Wildman–Crippen LogP) is 1.12. The van der Waals surface area contributed by atoms with E-state index in [1.165, 1.54) is 6.42 Å². The van der Waals surface area contributed by atoms with Gasteiger partial charge in [0.25, 0.3) is 5.91 Å². The third-order valence-electron chi connectivity index (χ3n) is 6.46. The number of carbonyl (C=O) groups is 3. The maximum absolute atomic E-state index is 12.6. The zero-order valence-corrected chi connectivity index (χ0v) is 15.2. The first-order valence-corrected chi connectivity index (χ1v) is 9.59. The van der Waals surface area contributed by atoms with Crippen molar-refractivity contribution in [3.63, 3.8) is 0 Å². The van der Waals surface area contributed by atoms with E-state index in [4.69, 9.17) is 5.73 Å². The molecular weight excluding hydrogens is 320 g/mol. The van der Waals surface area contributed by atoms with E-state index in [0.717, 1.165) is 30.6 Å². The fraction of sp³-hybridized carbons (Fsp3) is 0.833. The first-order valence-electron chi connectivity index (χ1n) is 9.59. The van der Waals surface area contributed by atoms with Crippen molar-refractivity contribution in [2.45, 2.75) is 76.4 Å². The molecule has 1 saturated heterocycles. The summed E-state index contributed by atoms with van der Waals surface area (Å²) in [5, 5.41) is 5.87. The molecule has 2 unspecified atom stereocenters. The third kappa shape index (κ3) is 3.26. The van der Waals surface area contributed by atoms with Crippen molar-refractivity contribution in [3.8, 4) is 0 Å². The molecule has 140 valence electrons. The van der Waals surface area contributed by atoms with Gasteiger partial charge >= 0.3 is 6.03 Å². The number of rotatable bonds is 5. The Labute approximate surface area is 149 Å². The van der Waals surface area contributed by atoms with Gasteiger partial charge in [-0.05, 0) is 50.4 Å². The van der Waals surface area contributed by atoms with Crippen LogP contribution in [0.1, 0.15) is 58.8 Å². The zero-order chi connectivity index (χ0) is 18.2. The lowest BCUT2D eigenvalue weighted by Gasteiger charge is -2.45. The average molecular weight is 350 g/mol. The number of nitrogens with zero attached hydrogens (tertiary/aromatic N) is 1. The highest BCUT2D eigenvalue weighted by Gasteiger charge is 2.49. The van der Waals surface area contributed by atoms with E-state index in [2.05, 4.69) is 10.6 Å². The van der Waals surface area contributed by atoms with E-state index in [-0.39, 0.29) is 30.4 Å². The number of fused-ring (bicyclic) bond motifs is 2. The second-order valence-electron chi connectivity index (χ2n) is 7.89. The fourth-order valence-electron chi connectivity index (χ4n) is 4.95. The Kier molecular flexibility index (Phi) is 5.04. The minimum atomic E-state index is -0.856.